The molecule has 1 N–H and O–H groups in total. The van der Waals surface area contributed by atoms with E-state index in [4.69, 9.17) is 4.74 Å². The predicted molar refractivity (Wildman–Crippen MR) is 52.7 cm³/mol. The first-order valence-electron chi connectivity index (χ1n) is 5.15. The van der Waals surface area contributed by atoms with Crippen LogP contribution in [0, 0.1) is 5.92 Å². The zero-order valence-electron chi connectivity index (χ0n) is 8.70. The van der Waals surface area contributed by atoms with Crippen LogP contribution in [0.4, 0.5) is 0 Å². The van der Waals surface area contributed by atoms with Gasteiger partial charge in [0, 0.05) is 20.2 Å². The lowest BCUT2D eigenvalue weighted by atomic mass is 10.1. The van der Waals surface area contributed by atoms with Crippen LogP contribution in [0.5, 0.6) is 0 Å². The SMILES string of the molecule is CCC(O)CN1CCC(COC)C1. The van der Waals surface area contributed by atoms with Gasteiger partial charge in [-0.1, -0.05) is 6.92 Å². The summed E-state index contributed by atoms with van der Waals surface area (Å²) in [6, 6.07) is 0. The highest BCUT2D eigenvalue weighted by atomic mass is 16.5. The number of hydrogen-bond donors (Lipinski definition) is 1. The number of likely N-dealkylation sites (tertiary alicyclic amines) is 1. The Balaban J connectivity index is 2.17. The molecule has 3 nitrogen and oxygen atoms in total. The molecule has 1 aliphatic heterocycles. The van der Waals surface area contributed by atoms with E-state index >= 15 is 0 Å². The number of rotatable bonds is 5. The second-order valence-corrected chi connectivity index (χ2v) is 3.93. The minimum Gasteiger partial charge on any atom is -0.392 e. The Morgan fingerprint density at radius 2 is 2.38 bits per heavy atom. The Morgan fingerprint density at radius 3 is 3.00 bits per heavy atom. The van der Waals surface area contributed by atoms with Crippen molar-refractivity contribution in [3.8, 4) is 0 Å². The molecule has 1 rings (SSSR count). The van der Waals surface area contributed by atoms with E-state index in [9.17, 15) is 5.11 Å². The van der Waals surface area contributed by atoms with E-state index in [1.165, 1.54) is 6.42 Å². The fraction of sp³-hybridized carbons (Fsp3) is 1.00. The standard InChI is InChI=1S/C10H21NO2/c1-3-10(12)7-11-5-4-9(6-11)8-13-2/h9-10,12H,3-8H2,1-2H3. The summed E-state index contributed by atoms with van der Waals surface area (Å²) >= 11 is 0. The van der Waals surface area contributed by atoms with E-state index < -0.39 is 0 Å². The second kappa shape index (κ2) is 5.58. The van der Waals surface area contributed by atoms with Gasteiger partial charge >= 0.3 is 0 Å². The maximum atomic E-state index is 9.46. The lowest BCUT2D eigenvalue weighted by Gasteiger charge is -2.18. The highest BCUT2D eigenvalue weighted by Gasteiger charge is 2.23. The molecule has 3 heteroatoms. The number of aliphatic hydroxyl groups is 1. The van der Waals surface area contributed by atoms with E-state index in [2.05, 4.69) is 4.90 Å². The first kappa shape index (κ1) is 11.0. The van der Waals surface area contributed by atoms with Crippen LogP contribution in [-0.4, -0.2) is 49.5 Å². The molecule has 0 saturated carbocycles. The van der Waals surface area contributed by atoms with Crippen LogP contribution < -0.4 is 0 Å². The van der Waals surface area contributed by atoms with Gasteiger partial charge in [0.1, 0.15) is 0 Å². The van der Waals surface area contributed by atoms with Crippen molar-refractivity contribution in [1.82, 2.24) is 4.90 Å². The van der Waals surface area contributed by atoms with Crippen LogP contribution in [-0.2, 0) is 4.74 Å². The number of nitrogens with zero attached hydrogens (tertiary/aromatic N) is 1. The first-order valence-corrected chi connectivity index (χ1v) is 5.15. The number of methoxy groups -OCH3 is 1. The molecule has 2 unspecified atom stereocenters. The van der Waals surface area contributed by atoms with Crippen molar-refractivity contribution in [2.75, 3.05) is 33.4 Å². The summed E-state index contributed by atoms with van der Waals surface area (Å²) in [5.41, 5.74) is 0. The van der Waals surface area contributed by atoms with Crippen molar-refractivity contribution in [2.45, 2.75) is 25.9 Å². The Morgan fingerprint density at radius 1 is 1.62 bits per heavy atom. The average molecular weight is 187 g/mol. The Bertz CT molecular complexity index is 141. The monoisotopic (exact) mass is 187 g/mol. The largest absolute Gasteiger partial charge is 0.392 e. The van der Waals surface area contributed by atoms with Crippen molar-refractivity contribution in [1.29, 1.82) is 0 Å². The Kier molecular flexibility index (Phi) is 4.70. The Labute approximate surface area is 80.7 Å². The Hall–Kier alpha value is -0.120. The molecule has 0 aliphatic carbocycles. The minimum absolute atomic E-state index is 0.152. The van der Waals surface area contributed by atoms with Crippen LogP contribution >= 0.6 is 0 Å². The zero-order chi connectivity index (χ0) is 9.68. The van der Waals surface area contributed by atoms with Crippen molar-refractivity contribution in [3.63, 3.8) is 0 Å². The van der Waals surface area contributed by atoms with Crippen LogP contribution in [0.2, 0.25) is 0 Å². The van der Waals surface area contributed by atoms with Gasteiger partial charge in [0.2, 0.25) is 0 Å². The molecular formula is C10H21NO2. The summed E-state index contributed by atoms with van der Waals surface area (Å²) in [7, 11) is 1.75. The molecule has 0 aromatic carbocycles. The third kappa shape index (κ3) is 3.63. The molecule has 78 valence electrons. The molecule has 1 aliphatic rings. The van der Waals surface area contributed by atoms with Gasteiger partial charge in [-0.3, -0.25) is 0 Å². The maximum Gasteiger partial charge on any atom is 0.0664 e. The number of aliphatic hydroxyl groups excluding tert-OH is 1. The van der Waals surface area contributed by atoms with Gasteiger partial charge in [-0.25, -0.2) is 0 Å². The van der Waals surface area contributed by atoms with E-state index in [0.717, 1.165) is 32.7 Å². The molecule has 0 spiro atoms. The van der Waals surface area contributed by atoms with Crippen LogP contribution in [0.25, 0.3) is 0 Å². The molecule has 0 aromatic heterocycles. The summed E-state index contributed by atoms with van der Waals surface area (Å²) in [5, 5.41) is 9.46. The van der Waals surface area contributed by atoms with Gasteiger partial charge < -0.3 is 14.7 Å². The highest BCUT2D eigenvalue weighted by Crippen LogP contribution is 2.16. The molecule has 2 atom stereocenters. The molecule has 0 aromatic rings. The lowest BCUT2D eigenvalue weighted by molar-refractivity contribution is 0.112. The van der Waals surface area contributed by atoms with Crippen molar-refractivity contribution in [2.24, 2.45) is 5.92 Å². The summed E-state index contributed by atoms with van der Waals surface area (Å²) in [6.45, 7) is 5.92. The molecule has 13 heavy (non-hydrogen) atoms. The molecule has 0 amide bonds. The topological polar surface area (TPSA) is 32.7 Å². The number of ether oxygens (including phenoxy) is 1. The highest BCUT2D eigenvalue weighted by molar-refractivity contribution is 4.76. The van der Waals surface area contributed by atoms with Crippen LogP contribution in [0.1, 0.15) is 19.8 Å². The predicted octanol–water partition coefficient (Wildman–Crippen LogP) is 0.726. The lowest BCUT2D eigenvalue weighted by Crippen LogP contribution is -2.30. The van der Waals surface area contributed by atoms with E-state index in [1.54, 1.807) is 7.11 Å². The summed E-state index contributed by atoms with van der Waals surface area (Å²) < 4.78 is 5.12. The zero-order valence-corrected chi connectivity index (χ0v) is 8.70. The summed E-state index contributed by atoms with van der Waals surface area (Å²) in [4.78, 5) is 2.33. The molecule has 1 fully saturated rings. The van der Waals surface area contributed by atoms with E-state index in [-0.39, 0.29) is 6.10 Å². The van der Waals surface area contributed by atoms with Gasteiger partial charge in [-0.2, -0.15) is 0 Å². The van der Waals surface area contributed by atoms with Gasteiger partial charge in [0.25, 0.3) is 0 Å². The molecule has 0 radical (unpaired) electrons. The molecular weight excluding hydrogens is 166 g/mol. The van der Waals surface area contributed by atoms with Crippen molar-refractivity contribution in [3.05, 3.63) is 0 Å². The second-order valence-electron chi connectivity index (χ2n) is 3.93. The molecule has 1 saturated heterocycles. The third-order valence-electron chi connectivity index (χ3n) is 2.71. The van der Waals surface area contributed by atoms with Crippen molar-refractivity contribution < 1.29 is 9.84 Å². The van der Waals surface area contributed by atoms with Crippen LogP contribution in [0.3, 0.4) is 0 Å². The van der Waals surface area contributed by atoms with E-state index in [0.29, 0.717) is 5.92 Å². The van der Waals surface area contributed by atoms with Crippen molar-refractivity contribution >= 4 is 0 Å². The smallest absolute Gasteiger partial charge is 0.0664 e. The van der Waals surface area contributed by atoms with Gasteiger partial charge in [0.15, 0.2) is 0 Å². The normalized spacial score (nSPS) is 26.5. The first-order chi connectivity index (χ1) is 6.26. The molecule has 1 heterocycles. The maximum absolute atomic E-state index is 9.46. The van der Waals surface area contributed by atoms with Gasteiger partial charge in [-0.15, -0.1) is 0 Å². The van der Waals surface area contributed by atoms with E-state index in [1.807, 2.05) is 6.92 Å². The summed E-state index contributed by atoms with van der Waals surface area (Å²) in [6.07, 6.45) is 1.91. The molecule has 0 bridgehead atoms. The minimum atomic E-state index is -0.152. The van der Waals surface area contributed by atoms with Crippen LogP contribution in [0.15, 0.2) is 0 Å². The number of β-amino-alcohol motifs (C(OH)–C–C–N with tert-alkyl or cyclic N) is 1. The fourth-order valence-corrected chi connectivity index (χ4v) is 1.88. The number of hydrogen-bond acceptors (Lipinski definition) is 3. The average Bonchev–Trinajstić information content (AvgIpc) is 2.53. The van der Waals surface area contributed by atoms with Gasteiger partial charge in [-0.05, 0) is 25.3 Å². The quantitative estimate of drug-likeness (QED) is 0.688. The fourth-order valence-electron chi connectivity index (χ4n) is 1.88. The van der Waals surface area contributed by atoms with Gasteiger partial charge in [0.05, 0.1) is 12.7 Å². The summed E-state index contributed by atoms with van der Waals surface area (Å²) in [5.74, 6) is 0.675. The third-order valence-corrected chi connectivity index (χ3v) is 2.71.